The molecular weight excluding hydrogens is 240 g/mol. The Morgan fingerprint density at radius 3 is 2.83 bits per heavy atom. The van der Waals surface area contributed by atoms with E-state index in [1.54, 1.807) is 0 Å². The van der Waals surface area contributed by atoms with Gasteiger partial charge in [-0.05, 0) is 18.2 Å². The van der Waals surface area contributed by atoms with Crippen molar-refractivity contribution < 1.29 is 13.6 Å². The number of benzene rings is 1. The number of ketones is 1. The van der Waals surface area contributed by atoms with Gasteiger partial charge >= 0.3 is 0 Å². The number of nitrogens with zero attached hydrogens (tertiary/aromatic N) is 3. The fourth-order valence-electron chi connectivity index (χ4n) is 1.47. The molecule has 2 rings (SSSR count). The van der Waals surface area contributed by atoms with E-state index in [0.29, 0.717) is 0 Å². The fraction of sp³-hybridized carbons (Fsp3) is 0.0833. The molecule has 6 heteroatoms. The van der Waals surface area contributed by atoms with Gasteiger partial charge < -0.3 is 4.57 Å². The molecular formula is C12H7F2N3O. The van der Waals surface area contributed by atoms with E-state index in [4.69, 9.17) is 5.26 Å². The van der Waals surface area contributed by atoms with Gasteiger partial charge in [-0.2, -0.15) is 5.26 Å². The molecule has 1 aromatic heterocycles. The van der Waals surface area contributed by atoms with Crippen molar-refractivity contribution in [3.8, 4) is 6.07 Å². The van der Waals surface area contributed by atoms with Crippen LogP contribution in [0.25, 0.3) is 0 Å². The molecule has 90 valence electrons. The summed E-state index contributed by atoms with van der Waals surface area (Å²) in [6.45, 7) is -0.145. The smallest absolute Gasteiger partial charge is 0.213 e. The van der Waals surface area contributed by atoms with Gasteiger partial charge in [0.25, 0.3) is 0 Å². The first kappa shape index (κ1) is 11.9. The number of hydrogen-bond donors (Lipinski definition) is 0. The van der Waals surface area contributed by atoms with Crippen molar-refractivity contribution in [2.24, 2.45) is 0 Å². The summed E-state index contributed by atoms with van der Waals surface area (Å²) >= 11 is 0. The Morgan fingerprint density at radius 2 is 2.17 bits per heavy atom. The molecule has 18 heavy (non-hydrogen) atoms. The van der Waals surface area contributed by atoms with Gasteiger partial charge in [0.2, 0.25) is 5.82 Å². The summed E-state index contributed by atoms with van der Waals surface area (Å²) in [5, 5.41) is 8.72. The van der Waals surface area contributed by atoms with Crippen LogP contribution in [0, 0.1) is 23.0 Å². The SMILES string of the molecule is N#Cc1nccn1CC(=O)c1ccc(F)c(F)c1. The van der Waals surface area contributed by atoms with Crippen molar-refractivity contribution in [1.29, 1.82) is 5.26 Å². The molecule has 0 bridgehead atoms. The van der Waals surface area contributed by atoms with Gasteiger partial charge in [0.1, 0.15) is 6.07 Å². The zero-order chi connectivity index (χ0) is 13.1. The van der Waals surface area contributed by atoms with Crippen LogP contribution in [0.2, 0.25) is 0 Å². The number of carbonyl (C=O) groups excluding carboxylic acids is 1. The van der Waals surface area contributed by atoms with Crippen LogP contribution in [0.5, 0.6) is 0 Å². The Bertz CT molecular complexity index is 643. The fourth-order valence-corrected chi connectivity index (χ4v) is 1.47. The molecule has 0 fully saturated rings. The lowest BCUT2D eigenvalue weighted by Gasteiger charge is -2.03. The third-order valence-electron chi connectivity index (χ3n) is 2.37. The maximum Gasteiger partial charge on any atom is 0.213 e. The van der Waals surface area contributed by atoms with Gasteiger partial charge in [-0.15, -0.1) is 0 Å². The molecule has 0 aliphatic rings. The van der Waals surface area contributed by atoms with Gasteiger partial charge in [0, 0.05) is 18.0 Å². The van der Waals surface area contributed by atoms with Gasteiger partial charge in [-0.25, -0.2) is 13.8 Å². The highest BCUT2D eigenvalue weighted by Crippen LogP contribution is 2.10. The zero-order valence-electron chi connectivity index (χ0n) is 9.10. The van der Waals surface area contributed by atoms with Crippen LogP contribution in [0.4, 0.5) is 8.78 Å². The number of Topliss-reactive ketones (excluding diaryl/α,β-unsaturated/α-hetero) is 1. The van der Waals surface area contributed by atoms with E-state index >= 15 is 0 Å². The minimum atomic E-state index is -1.08. The Hall–Kier alpha value is -2.55. The largest absolute Gasteiger partial charge is 0.315 e. The Labute approximate surface area is 101 Å². The van der Waals surface area contributed by atoms with Crippen LogP contribution in [0.3, 0.4) is 0 Å². The minimum absolute atomic E-state index is 0.0477. The van der Waals surface area contributed by atoms with Gasteiger partial charge in [-0.3, -0.25) is 4.79 Å². The van der Waals surface area contributed by atoms with Crippen LogP contribution in [0.15, 0.2) is 30.6 Å². The quantitative estimate of drug-likeness (QED) is 0.778. The van der Waals surface area contributed by atoms with Crippen molar-refractivity contribution in [3.63, 3.8) is 0 Å². The molecule has 4 nitrogen and oxygen atoms in total. The molecule has 0 spiro atoms. The van der Waals surface area contributed by atoms with Crippen LogP contribution in [-0.4, -0.2) is 15.3 Å². The standard InChI is InChI=1S/C12H7F2N3O/c13-9-2-1-8(5-10(9)14)11(18)7-17-4-3-16-12(17)6-15/h1-5H,7H2. The second kappa shape index (κ2) is 4.75. The Balaban J connectivity index is 2.23. The molecule has 0 radical (unpaired) electrons. The van der Waals surface area contributed by atoms with Crippen molar-refractivity contribution in [3.05, 3.63) is 53.6 Å². The first-order valence-electron chi connectivity index (χ1n) is 5.01. The molecule has 0 saturated carbocycles. The van der Waals surface area contributed by atoms with Crippen molar-refractivity contribution in [1.82, 2.24) is 9.55 Å². The number of imidazole rings is 1. The third kappa shape index (κ3) is 2.25. The first-order valence-corrected chi connectivity index (χ1v) is 5.01. The van der Waals surface area contributed by atoms with Crippen molar-refractivity contribution in [2.75, 3.05) is 0 Å². The minimum Gasteiger partial charge on any atom is -0.315 e. The molecule has 0 N–H and O–H groups in total. The molecule has 0 saturated heterocycles. The van der Waals surface area contributed by atoms with E-state index in [1.165, 1.54) is 23.0 Å². The topological polar surface area (TPSA) is 58.7 Å². The van der Waals surface area contributed by atoms with Crippen LogP contribution in [0.1, 0.15) is 16.2 Å². The molecule has 0 aliphatic heterocycles. The molecule has 0 unspecified atom stereocenters. The Kier molecular flexibility index (Phi) is 3.15. The summed E-state index contributed by atoms with van der Waals surface area (Å²) in [6.07, 6.45) is 2.85. The maximum absolute atomic E-state index is 13.0. The second-order valence-electron chi connectivity index (χ2n) is 3.54. The summed E-state index contributed by atoms with van der Waals surface area (Å²) in [5.74, 6) is -2.42. The van der Waals surface area contributed by atoms with E-state index in [2.05, 4.69) is 4.98 Å². The normalized spacial score (nSPS) is 10.1. The Morgan fingerprint density at radius 1 is 1.39 bits per heavy atom. The molecule has 1 heterocycles. The molecule has 0 amide bonds. The molecule has 0 aliphatic carbocycles. The lowest BCUT2D eigenvalue weighted by Crippen LogP contribution is -2.11. The average molecular weight is 247 g/mol. The highest BCUT2D eigenvalue weighted by atomic mass is 19.2. The molecule has 2 aromatic rings. The highest BCUT2D eigenvalue weighted by Gasteiger charge is 2.12. The number of rotatable bonds is 3. The van der Waals surface area contributed by atoms with E-state index in [1.807, 2.05) is 6.07 Å². The lowest BCUT2D eigenvalue weighted by atomic mass is 10.1. The lowest BCUT2D eigenvalue weighted by molar-refractivity contribution is 0.0971. The maximum atomic E-state index is 13.0. The van der Waals surface area contributed by atoms with Crippen molar-refractivity contribution >= 4 is 5.78 Å². The summed E-state index contributed by atoms with van der Waals surface area (Å²) in [4.78, 5) is 15.5. The number of carbonyl (C=O) groups is 1. The van der Waals surface area contributed by atoms with Crippen LogP contribution < -0.4 is 0 Å². The van der Waals surface area contributed by atoms with Gasteiger partial charge in [0.15, 0.2) is 17.4 Å². The third-order valence-corrected chi connectivity index (χ3v) is 2.37. The first-order chi connectivity index (χ1) is 8.61. The molecule has 0 atom stereocenters. The summed E-state index contributed by atoms with van der Waals surface area (Å²) in [6, 6.07) is 4.74. The number of hydrogen-bond acceptors (Lipinski definition) is 3. The molecule has 1 aromatic carbocycles. The number of halogens is 2. The van der Waals surface area contributed by atoms with E-state index in [9.17, 15) is 13.6 Å². The van der Waals surface area contributed by atoms with Crippen molar-refractivity contribution in [2.45, 2.75) is 6.54 Å². The zero-order valence-corrected chi connectivity index (χ0v) is 9.10. The predicted molar refractivity (Wildman–Crippen MR) is 57.6 cm³/mol. The van der Waals surface area contributed by atoms with Gasteiger partial charge in [-0.1, -0.05) is 0 Å². The monoisotopic (exact) mass is 247 g/mol. The number of aromatic nitrogens is 2. The van der Waals surface area contributed by atoms with E-state index < -0.39 is 17.4 Å². The second-order valence-corrected chi connectivity index (χ2v) is 3.54. The average Bonchev–Trinajstić information content (AvgIpc) is 2.79. The summed E-state index contributed by atoms with van der Waals surface area (Å²) in [5.41, 5.74) is 0.0477. The van der Waals surface area contributed by atoms with Crippen LogP contribution in [-0.2, 0) is 6.54 Å². The van der Waals surface area contributed by atoms with Crippen LogP contribution >= 0.6 is 0 Å². The van der Waals surface area contributed by atoms with E-state index in [-0.39, 0.29) is 17.9 Å². The summed E-state index contributed by atoms with van der Waals surface area (Å²) < 4.78 is 27.0. The van der Waals surface area contributed by atoms with Gasteiger partial charge in [0.05, 0.1) is 6.54 Å². The predicted octanol–water partition coefficient (Wildman–Crippen LogP) is 1.92. The summed E-state index contributed by atoms with van der Waals surface area (Å²) in [7, 11) is 0. The number of nitriles is 1. The van der Waals surface area contributed by atoms with E-state index in [0.717, 1.165) is 12.1 Å². The highest BCUT2D eigenvalue weighted by molar-refractivity contribution is 5.95.